The zero-order valence-corrected chi connectivity index (χ0v) is 13.0. The van der Waals surface area contributed by atoms with Crippen molar-refractivity contribution < 1.29 is 14.3 Å². The van der Waals surface area contributed by atoms with Crippen molar-refractivity contribution in [1.29, 1.82) is 0 Å². The summed E-state index contributed by atoms with van der Waals surface area (Å²) in [6.45, 7) is 0. The number of ether oxygens (including phenoxy) is 1. The Morgan fingerprint density at radius 2 is 1.68 bits per heavy atom. The van der Waals surface area contributed by atoms with Crippen LogP contribution in [-0.2, 0) is 9.59 Å². The van der Waals surface area contributed by atoms with Crippen molar-refractivity contribution in [1.82, 2.24) is 0 Å². The molecule has 2 amide bonds. The van der Waals surface area contributed by atoms with Gasteiger partial charge in [0.05, 0.1) is 22.8 Å². The second-order valence-corrected chi connectivity index (χ2v) is 5.03. The lowest BCUT2D eigenvalue weighted by Gasteiger charge is -2.09. The highest BCUT2D eigenvalue weighted by Gasteiger charge is 2.16. The molecule has 2 rings (SSSR count). The lowest BCUT2D eigenvalue weighted by Crippen LogP contribution is -2.29. The van der Waals surface area contributed by atoms with Crippen LogP contribution in [0, 0.1) is 0 Å². The second-order valence-electron chi connectivity index (χ2n) is 4.24. The molecule has 0 unspecified atom stereocenters. The minimum atomic E-state index is -0.855. The van der Waals surface area contributed by atoms with E-state index in [9.17, 15) is 9.59 Å². The number of hydrogen-bond acceptors (Lipinski definition) is 3. The molecule has 0 aliphatic heterocycles. The lowest BCUT2D eigenvalue weighted by molar-refractivity contribution is -0.132. The number of rotatable bonds is 3. The Bertz CT molecular complexity index is 720. The van der Waals surface area contributed by atoms with E-state index in [0.29, 0.717) is 11.4 Å². The summed E-state index contributed by atoms with van der Waals surface area (Å²) in [5, 5.41) is 5.32. The van der Waals surface area contributed by atoms with Crippen LogP contribution in [0.1, 0.15) is 0 Å². The molecule has 0 fully saturated rings. The van der Waals surface area contributed by atoms with Crippen molar-refractivity contribution in [2.75, 3.05) is 17.7 Å². The summed E-state index contributed by atoms with van der Waals surface area (Å²) in [5.41, 5.74) is 0.705. The van der Waals surface area contributed by atoms with Crippen molar-refractivity contribution in [2.24, 2.45) is 0 Å². The fourth-order valence-electron chi connectivity index (χ4n) is 1.67. The molecule has 0 aromatic heterocycles. The molecule has 0 heterocycles. The summed E-state index contributed by atoms with van der Waals surface area (Å²) in [6, 6.07) is 11.4. The summed E-state index contributed by atoms with van der Waals surface area (Å²) in [6.07, 6.45) is 0. The van der Waals surface area contributed by atoms with E-state index in [0.717, 1.165) is 0 Å². The molecule has 2 aromatic rings. The van der Waals surface area contributed by atoms with E-state index in [1.165, 1.54) is 7.11 Å². The molecule has 0 radical (unpaired) electrons. The minimum absolute atomic E-state index is 0.173. The van der Waals surface area contributed by atoms with Crippen LogP contribution in [0.4, 0.5) is 11.4 Å². The van der Waals surface area contributed by atoms with Crippen LogP contribution < -0.4 is 15.4 Å². The van der Waals surface area contributed by atoms with Gasteiger partial charge in [-0.3, -0.25) is 9.59 Å². The van der Waals surface area contributed by atoms with Crippen LogP contribution in [0.15, 0.2) is 42.5 Å². The Labute approximate surface area is 137 Å². The third kappa shape index (κ3) is 3.90. The molecular weight excluding hydrogens is 327 g/mol. The molecule has 0 aliphatic rings. The van der Waals surface area contributed by atoms with Gasteiger partial charge in [0.2, 0.25) is 0 Å². The standard InChI is InChI=1S/C15H12Cl2N2O3/c1-22-10-5-2-4-9(8-10)18-14(20)15(21)19-12-7-3-6-11(16)13(12)17/h2-8H,1H3,(H,18,20)(H,19,21). The SMILES string of the molecule is COc1cccc(NC(=O)C(=O)Nc2cccc(Cl)c2Cl)c1. The molecule has 5 nitrogen and oxygen atoms in total. The van der Waals surface area contributed by atoms with Crippen LogP contribution in [-0.4, -0.2) is 18.9 Å². The Morgan fingerprint density at radius 1 is 1.00 bits per heavy atom. The van der Waals surface area contributed by atoms with Crippen LogP contribution in [0.25, 0.3) is 0 Å². The lowest BCUT2D eigenvalue weighted by atomic mass is 10.3. The van der Waals surface area contributed by atoms with Gasteiger partial charge in [-0.15, -0.1) is 0 Å². The van der Waals surface area contributed by atoms with Crippen LogP contribution in [0.5, 0.6) is 5.75 Å². The van der Waals surface area contributed by atoms with E-state index in [1.807, 2.05) is 0 Å². The van der Waals surface area contributed by atoms with Gasteiger partial charge in [0.1, 0.15) is 5.75 Å². The topological polar surface area (TPSA) is 67.4 Å². The first-order chi connectivity index (χ1) is 10.5. The fraction of sp³-hybridized carbons (Fsp3) is 0.0667. The fourth-order valence-corrected chi connectivity index (χ4v) is 2.02. The number of nitrogens with one attached hydrogen (secondary N) is 2. The van der Waals surface area contributed by atoms with Gasteiger partial charge in [0, 0.05) is 11.8 Å². The van der Waals surface area contributed by atoms with Gasteiger partial charge in [-0.05, 0) is 24.3 Å². The molecule has 7 heteroatoms. The molecule has 2 N–H and O–H groups in total. The van der Waals surface area contributed by atoms with E-state index < -0.39 is 11.8 Å². The summed E-state index contributed by atoms with van der Waals surface area (Å²) >= 11 is 11.8. The van der Waals surface area contributed by atoms with E-state index in [2.05, 4.69) is 10.6 Å². The summed E-state index contributed by atoms with van der Waals surface area (Å²) in [5.74, 6) is -1.12. The molecule has 2 aromatic carbocycles. The third-order valence-corrected chi connectivity index (χ3v) is 3.55. The molecular formula is C15H12Cl2N2O3. The van der Waals surface area contributed by atoms with Gasteiger partial charge in [0.15, 0.2) is 0 Å². The van der Waals surface area contributed by atoms with Crippen molar-refractivity contribution in [3.8, 4) is 5.75 Å². The number of methoxy groups -OCH3 is 1. The zero-order valence-electron chi connectivity index (χ0n) is 11.5. The summed E-state index contributed by atoms with van der Waals surface area (Å²) in [7, 11) is 1.51. The molecule has 0 spiro atoms. The average Bonchev–Trinajstić information content (AvgIpc) is 2.52. The number of amides is 2. The van der Waals surface area contributed by atoms with Crippen molar-refractivity contribution in [3.05, 3.63) is 52.5 Å². The first-order valence-electron chi connectivity index (χ1n) is 6.21. The van der Waals surface area contributed by atoms with Crippen LogP contribution in [0.3, 0.4) is 0 Å². The van der Waals surface area contributed by atoms with Crippen molar-refractivity contribution >= 4 is 46.4 Å². The number of halogens is 2. The van der Waals surface area contributed by atoms with Gasteiger partial charge < -0.3 is 15.4 Å². The van der Waals surface area contributed by atoms with Crippen LogP contribution >= 0.6 is 23.2 Å². The second kappa shape index (κ2) is 7.15. The van der Waals surface area contributed by atoms with Crippen molar-refractivity contribution in [2.45, 2.75) is 0 Å². The number of carbonyl (C=O) groups is 2. The highest BCUT2D eigenvalue weighted by Crippen LogP contribution is 2.29. The van der Waals surface area contributed by atoms with Gasteiger partial charge in [-0.1, -0.05) is 35.3 Å². The van der Waals surface area contributed by atoms with Crippen LogP contribution in [0.2, 0.25) is 10.0 Å². The quantitative estimate of drug-likeness (QED) is 0.840. The molecule has 0 bridgehead atoms. The number of benzene rings is 2. The Hall–Kier alpha value is -2.24. The number of hydrogen-bond donors (Lipinski definition) is 2. The summed E-state index contributed by atoms with van der Waals surface area (Å²) in [4.78, 5) is 23.8. The van der Waals surface area contributed by atoms with Crippen molar-refractivity contribution in [3.63, 3.8) is 0 Å². The Balaban J connectivity index is 2.06. The van der Waals surface area contributed by atoms with Gasteiger partial charge in [-0.25, -0.2) is 0 Å². The average molecular weight is 339 g/mol. The maximum Gasteiger partial charge on any atom is 0.314 e. The zero-order chi connectivity index (χ0) is 16.1. The monoisotopic (exact) mass is 338 g/mol. The van der Waals surface area contributed by atoms with E-state index in [4.69, 9.17) is 27.9 Å². The molecule has 22 heavy (non-hydrogen) atoms. The van der Waals surface area contributed by atoms with E-state index >= 15 is 0 Å². The predicted octanol–water partition coefficient (Wildman–Crippen LogP) is 3.58. The molecule has 114 valence electrons. The van der Waals surface area contributed by atoms with E-state index in [-0.39, 0.29) is 15.7 Å². The molecule has 0 saturated carbocycles. The van der Waals surface area contributed by atoms with Gasteiger partial charge in [-0.2, -0.15) is 0 Å². The highest BCUT2D eigenvalue weighted by molar-refractivity contribution is 6.47. The maximum absolute atomic E-state index is 11.9. The largest absolute Gasteiger partial charge is 0.497 e. The van der Waals surface area contributed by atoms with Gasteiger partial charge >= 0.3 is 11.8 Å². The molecule has 0 saturated heterocycles. The number of carbonyl (C=O) groups excluding carboxylic acids is 2. The normalized spacial score (nSPS) is 9.95. The maximum atomic E-state index is 11.9. The Morgan fingerprint density at radius 3 is 2.41 bits per heavy atom. The highest BCUT2D eigenvalue weighted by atomic mass is 35.5. The molecule has 0 atom stereocenters. The third-order valence-electron chi connectivity index (χ3n) is 2.73. The molecule has 0 aliphatic carbocycles. The summed E-state index contributed by atoms with van der Waals surface area (Å²) < 4.78 is 5.04. The minimum Gasteiger partial charge on any atom is -0.497 e. The first kappa shape index (κ1) is 16.1. The predicted molar refractivity (Wildman–Crippen MR) is 86.7 cm³/mol. The van der Waals surface area contributed by atoms with E-state index in [1.54, 1.807) is 42.5 Å². The number of anilines is 2. The smallest absolute Gasteiger partial charge is 0.314 e. The van der Waals surface area contributed by atoms with Gasteiger partial charge in [0.25, 0.3) is 0 Å². The first-order valence-corrected chi connectivity index (χ1v) is 6.97. The Kier molecular flexibility index (Phi) is 5.25.